The standard InChI is InChI=1S/C18H15NO/c1-2-16(14-7-5-8-15(20)12-14)18-11-10-13-6-3-4-9-17(13)19-18/h2-12,20H,1H3. The minimum atomic E-state index is 0.266. The van der Waals surface area contributed by atoms with Crippen LogP contribution in [0.4, 0.5) is 0 Å². The van der Waals surface area contributed by atoms with E-state index >= 15 is 0 Å². The highest BCUT2D eigenvalue weighted by Gasteiger charge is 2.07. The molecule has 0 bridgehead atoms. The molecule has 0 fully saturated rings. The summed E-state index contributed by atoms with van der Waals surface area (Å²) in [6.07, 6.45) is 2.02. The van der Waals surface area contributed by atoms with E-state index in [0.717, 1.165) is 27.7 Å². The van der Waals surface area contributed by atoms with Gasteiger partial charge in [-0.25, -0.2) is 4.98 Å². The van der Waals surface area contributed by atoms with Crippen molar-refractivity contribution in [3.8, 4) is 5.75 Å². The summed E-state index contributed by atoms with van der Waals surface area (Å²) < 4.78 is 0. The number of benzene rings is 2. The maximum atomic E-state index is 9.63. The van der Waals surface area contributed by atoms with Crippen LogP contribution in [0.5, 0.6) is 5.75 Å². The van der Waals surface area contributed by atoms with Crippen LogP contribution >= 0.6 is 0 Å². The highest BCUT2D eigenvalue weighted by molar-refractivity contribution is 5.84. The third kappa shape index (κ3) is 2.28. The number of para-hydroxylation sites is 1. The molecule has 0 unspecified atom stereocenters. The summed E-state index contributed by atoms with van der Waals surface area (Å²) in [5.74, 6) is 0.266. The van der Waals surface area contributed by atoms with Gasteiger partial charge >= 0.3 is 0 Å². The van der Waals surface area contributed by atoms with Crippen LogP contribution in [0.15, 0.2) is 66.7 Å². The van der Waals surface area contributed by atoms with Gasteiger partial charge in [-0.1, -0.05) is 42.5 Å². The Hall–Kier alpha value is -2.61. The zero-order chi connectivity index (χ0) is 13.9. The van der Waals surface area contributed by atoms with Gasteiger partial charge in [0.25, 0.3) is 0 Å². The third-order valence-corrected chi connectivity index (χ3v) is 3.32. The Bertz CT molecular complexity index is 790. The van der Waals surface area contributed by atoms with Gasteiger partial charge in [0.15, 0.2) is 0 Å². The van der Waals surface area contributed by atoms with Gasteiger partial charge in [0.1, 0.15) is 5.75 Å². The highest BCUT2D eigenvalue weighted by atomic mass is 16.3. The quantitative estimate of drug-likeness (QED) is 0.742. The Labute approximate surface area is 118 Å². The molecule has 2 nitrogen and oxygen atoms in total. The van der Waals surface area contributed by atoms with Crippen LogP contribution in [0.3, 0.4) is 0 Å². The fraction of sp³-hybridized carbons (Fsp3) is 0.0556. The van der Waals surface area contributed by atoms with Crippen molar-refractivity contribution in [3.63, 3.8) is 0 Å². The molecule has 98 valence electrons. The van der Waals surface area contributed by atoms with Gasteiger partial charge in [0.2, 0.25) is 0 Å². The Morgan fingerprint density at radius 1 is 1.00 bits per heavy atom. The molecule has 2 aromatic carbocycles. The molecule has 0 aliphatic rings. The molecule has 1 heterocycles. The summed E-state index contributed by atoms with van der Waals surface area (Å²) in [7, 11) is 0. The fourth-order valence-electron chi connectivity index (χ4n) is 2.35. The minimum Gasteiger partial charge on any atom is -0.508 e. The van der Waals surface area contributed by atoms with E-state index in [-0.39, 0.29) is 5.75 Å². The molecule has 0 saturated carbocycles. The lowest BCUT2D eigenvalue weighted by molar-refractivity contribution is 0.475. The van der Waals surface area contributed by atoms with Crippen molar-refractivity contribution in [1.82, 2.24) is 4.98 Å². The van der Waals surface area contributed by atoms with E-state index < -0.39 is 0 Å². The molecule has 3 aromatic rings. The van der Waals surface area contributed by atoms with Crippen molar-refractivity contribution in [2.24, 2.45) is 0 Å². The largest absolute Gasteiger partial charge is 0.508 e. The van der Waals surface area contributed by atoms with Crippen molar-refractivity contribution in [2.45, 2.75) is 6.92 Å². The van der Waals surface area contributed by atoms with E-state index in [1.807, 2.05) is 49.4 Å². The Morgan fingerprint density at radius 3 is 2.65 bits per heavy atom. The number of hydrogen-bond donors (Lipinski definition) is 1. The normalized spacial score (nSPS) is 11.8. The molecule has 2 heteroatoms. The molecule has 0 aliphatic carbocycles. The number of nitrogens with zero attached hydrogens (tertiary/aromatic N) is 1. The van der Waals surface area contributed by atoms with Crippen LogP contribution in [0.2, 0.25) is 0 Å². The number of hydrogen-bond acceptors (Lipinski definition) is 2. The van der Waals surface area contributed by atoms with Crippen LogP contribution in [0, 0.1) is 0 Å². The molecule has 20 heavy (non-hydrogen) atoms. The summed E-state index contributed by atoms with van der Waals surface area (Å²) in [6.45, 7) is 1.98. The zero-order valence-corrected chi connectivity index (χ0v) is 11.2. The second-order valence-corrected chi connectivity index (χ2v) is 4.64. The minimum absolute atomic E-state index is 0.266. The molecule has 0 amide bonds. The predicted molar refractivity (Wildman–Crippen MR) is 82.6 cm³/mol. The van der Waals surface area contributed by atoms with Gasteiger partial charge in [-0.05, 0) is 36.8 Å². The van der Waals surface area contributed by atoms with E-state index in [2.05, 4.69) is 12.1 Å². The van der Waals surface area contributed by atoms with Crippen molar-refractivity contribution in [1.29, 1.82) is 0 Å². The Kier molecular flexibility index (Phi) is 3.21. The first-order valence-corrected chi connectivity index (χ1v) is 6.60. The van der Waals surface area contributed by atoms with E-state index in [4.69, 9.17) is 4.98 Å². The molecule has 0 saturated heterocycles. The maximum absolute atomic E-state index is 9.63. The number of aromatic nitrogens is 1. The first-order chi connectivity index (χ1) is 9.78. The topological polar surface area (TPSA) is 33.1 Å². The zero-order valence-electron chi connectivity index (χ0n) is 11.2. The van der Waals surface area contributed by atoms with Crippen molar-refractivity contribution in [2.75, 3.05) is 0 Å². The molecular weight excluding hydrogens is 246 g/mol. The smallest absolute Gasteiger partial charge is 0.116 e. The number of fused-ring (bicyclic) bond motifs is 1. The van der Waals surface area contributed by atoms with Gasteiger partial charge < -0.3 is 5.11 Å². The molecule has 0 spiro atoms. The summed E-state index contributed by atoms with van der Waals surface area (Å²) in [5, 5.41) is 10.8. The van der Waals surface area contributed by atoms with Crippen LogP contribution < -0.4 is 0 Å². The monoisotopic (exact) mass is 261 g/mol. The molecule has 1 aromatic heterocycles. The SMILES string of the molecule is CC=C(c1cccc(O)c1)c1ccc2ccccc2n1. The van der Waals surface area contributed by atoms with Crippen molar-refractivity contribution >= 4 is 16.5 Å². The third-order valence-electron chi connectivity index (χ3n) is 3.32. The number of pyridine rings is 1. The molecule has 3 rings (SSSR count). The van der Waals surface area contributed by atoms with E-state index in [1.54, 1.807) is 12.1 Å². The second-order valence-electron chi connectivity index (χ2n) is 4.64. The average molecular weight is 261 g/mol. The average Bonchev–Trinajstić information content (AvgIpc) is 2.48. The molecule has 0 aliphatic heterocycles. The second kappa shape index (κ2) is 5.17. The van der Waals surface area contributed by atoms with E-state index in [0.29, 0.717) is 0 Å². The number of phenols is 1. The van der Waals surface area contributed by atoms with Crippen LogP contribution in [0.1, 0.15) is 18.2 Å². The summed E-state index contributed by atoms with van der Waals surface area (Å²) >= 11 is 0. The number of allylic oxidation sites excluding steroid dienone is 1. The van der Waals surface area contributed by atoms with E-state index in [1.165, 1.54) is 0 Å². The summed E-state index contributed by atoms with van der Waals surface area (Å²) in [4.78, 5) is 4.70. The van der Waals surface area contributed by atoms with Crippen LogP contribution in [-0.4, -0.2) is 10.1 Å². The van der Waals surface area contributed by atoms with Gasteiger partial charge in [0, 0.05) is 11.0 Å². The predicted octanol–water partition coefficient (Wildman–Crippen LogP) is 4.39. The number of aromatic hydroxyl groups is 1. The van der Waals surface area contributed by atoms with Crippen LogP contribution in [-0.2, 0) is 0 Å². The number of phenolic OH excluding ortho intramolecular Hbond substituents is 1. The molecule has 0 atom stereocenters. The highest BCUT2D eigenvalue weighted by Crippen LogP contribution is 2.26. The lowest BCUT2D eigenvalue weighted by Gasteiger charge is -2.08. The van der Waals surface area contributed by atoms with Crippen LogP contribution in [0.25, 0.3) is 16.5 Å². The van der Waals surface area contributed by atoms with Crippen molar-refractivity contribution in [3.05, 3.63) is 78.0 Å². The first kappa shape index (κ1) is 12.4. The summed E-state index contributed by atoms with van der Waals surface area (Å²) in [6, 6.07) is 19.4. The molecule has 1 N–H and O–H groups in total. The van der Waals surface area contributed by atoms with Gasteiger partial charge in [-0.3, -0.25) is 0 Å². The fourth-order valence-corrected chi connectivity index (χ4v) is 2.35. The maximum Gasteiger partial charge on any atom is 0.116 e. The van der Waals surface area contributed by atoms with Gasteiger partial charge in [-0.15, -0.1) is 0 Å². The lowest BCUT2D eigenvalue weighted by atomic mass is 10.0. The van der Waals surface area contributed by atoms with Gasteiger partial charge in [-0.2, -0.15) is 0 Å². The lowest BCUT2D eigenvalue weighted by Crippen LogP contribution is -1.92. The molecule has 0 radical (unpaired) electrons. The Balaban J connectivity index is 2.12. The Morgan fingerprint density at radius 2 is 1.85 bits per heavy atom. The molecular formula is C18H15NO. The van der Waals surface area contributed by atoms with Gasteiger partial charge in [0.05, 0.1) is 11.2 Å². The van der Waals surface area contributed by atoms with E-state index in [9.17, 15) is 5.11 Å². The first-order valence-electron chi connectivity index (χ1n) is 6.60. The number of rotatable bonds is 2. The summed E-state index contributed by atoms with van der Waals surface area (Å²) in [5.41, 5.74) is 3.88. The van der Waals surface area contributed by atoms with Crippen molar-refractivity contribution < 1.29 is 5.11 Å².